The summed E-state index contributed by atoms with van der Waals surface area (Å²) in [6.07, 6.45) is 2.37. The van der Waals surface area contributed by atoms with Gasteiger partial charge in [0.15, 0.2) is 11.6 Å². The van der Waals surface area contributed by atoms with Crippen molar-refractivity contribution in [2.75, 3.05) is 17.7 Å². The number of primary amides is 1. The Hall–Kier alpha value is -3.27. The third-order valence-electron chi connectivity index (χ3n) is 5.94. The highest BCUT2D eigenvalue weighted by Gasteiger charge is 2.46. The number of amides is 1. The number of aryl methyl sites for hydroxylation is 1. The molecule has 0 spiro atoms. The minimum atomic E-state index is -2.93. The van der Waals surface area contributed by atoms with E-state index in [0.717, 1.165) is 17.0 Å². The molecule has 32 heavy (non-hydrogen) atoms. The molecule has 1 amide bonds. The normalized spacial score (nSPS) is 20.3. The minimum absolute atomic E-state index is 0.0429. The van der Waals surface area contributed by atoms with Gasteiger partial charge in [0.1, 0.15) is 5.82 Å². The lowest BCUT2D eigenvalue weighted by Gasteiger charge is -2.38. The van der Waals surface area contributed by atoms with E-state index in [1.165, 1.54) is 7.05 Å². The zero-order valence-electron chi connectivity index (χ0n) is 17.8. The maximum atomic E-state index is 14.8. The summed E-state index contributed by atoms with van der Waals surface area (Å²) in [6.45, 7) is 0. The standard InChI is InChI=1S/C22H25F3N6O/c1-27-18-16(6-4-9-22(18,24)25)29-21-14(23)11-13(19(26)32)20(30-21)28-15-5-3-7-17-12(15)8-10-31(17)2/h3,5,7-8,10-11,16,18,27H,4,6,9H2,1-2H3,(H2,26,32)(H2,28,29,30). The summed E-state index contributed by atoms with van der Waals surface area (Å²) in [5.41, 5.74) is 6.90. The number of rotatable bonds is 6. The molecule has 2 aromatic heterocycles. The zero-order chi connectivity index (χ0) is 23.0. The molecule has 1 fully saturated rings. The molecule has 2 heterocycles. The number of alkyl halides is 2. The van der Waals surface area contributed by atoms with Crippen molar-refractivity contribution >= 4 is 34.1 Å². The van der Waals surface area contributed by atoms with Crippen LogP contribution in [-0.4, -0.2) is 40.5 Å². The number of nitrogens with one attached hydrogen (secondary N) is 3. The lowest BCUT2D eigenvalue weighted by Crippen LogP contribution is -2.56. The number of nitrogens with two attached hydrogens (primary N) is 1. The van der Waals surface area contributed by atoms with E-state index in [-0.39, 0.29) is 23.6 Å². The first-order chi connectivity index (χ1) is 15.2. The number of halogens is 3. The Labute approximate surface area is 183 Å². The summed E-state index contributed by atoms with van der Waals surface area (Å²) in [6, 6.07) is 6.51. The van der Waals surface area contributed by atoms with Crippen LogP contribution in [0.2, 0.25) is 0 Å². The molecule has 1 aliphatic carbocycles. The monoisotopic (exact) mass is 446 g/mol. The van der Waals surface area contributed by atoms with E-state index in [9.17, 15) is 18.0 Å². The van der Waals surface area contributed by atoms with Gasteiger partial charge >= 0.3 is 0 Å². The molecular formula is C22H25F3N6O. The molecule has 0 aliphatic heterocycles. The van der Waals surface area contributed by atoms with Gasteiger partial charge < -0.3 is 26.3 Å². The van der Waals surface area contributed by atoms with Crippen molar-refractivity contribution in [1.29, 1.82) is 0 Å². The number of nitrogens with zero attached hydrogens (tertiary/aromatic N) is 2. The molecule has 170 valence electrons. The highest BCUT2D eigenvalue weighted by atomic mass is 19.3. The van der Waals surface area contributed by atoms with Gasteiger partial charge in [0.25, 0.3) is 11.8 Å². The van der Waals surface area contributed by atoms with Gasteiger partial charge in [0.2, 0.25) is 0 Å². The van der Waals surface area contributed by atoms with Crippen molar-refractivity contribution in [3.63, 3.8) is 0 Å². The molecule has 0 bridgehead atoms. The average molecular weight is 446 g/mol. The van der Waals surface area contributed by atoms with Gasteiger partial charge in [0, 0.05) is 42.3 Å². The highest BCUT2D eigenvalue weighted by Crippen LogP contribution is 2.36. The summed E-state index contributed by atoms with van der Waals surface area (Å²) < 4.78 is 45.4. The Bertz CT molecular complexity index is 1160. The second-order valence-corrected chi connectivity index (χ2v) is 8.04. The Balaban J connectivity index is 1.71. The molecule has 1 aromatic carbocycles. The molecule has 2 unspecified atom stereocenters. The van der Waals surface area contributed by atoms with Gasteiger partial charge in [-0.2, -0.15) is 0 Å². The molecule has 2 atom stereocenters. The smallest absolute Gasteiger partial charge is 0.265 e. The van der Waals surface area contributed by atoms with Crippen LogP contribution in [0.15, 0.2) is 36.5 Å². The number of likely N-dealkylation sites (N-methyl/N-ethyl adjacent to an activating group) is 1. The van der Waals surface area contributed by atoms with E-state index < -0.39 is 29.7 Å². The quantitative estimate of drug-likeness (QED) is 0.463. The van der Waals surface area contributed by atoms with E-state index in [2.05, 4.69) is 20.9 Å². The van der Waals surface area contributed by atoms with Crippen molar-refractivity contribution in [2.24, 2.45) is 12.8 Å². The molecule has 10 heteroatoms. The number of hydrogen-bond donors (Lipinski definition) is 4. The minimum Gasteiger partial charge on any atom is -0.365 e. The van der Waals surface area contributed by atoms with Crippen molar-refractivity contribution in [3.8, 4) is 0 Å². The topological polar surface area (TPSA) is 97.0 Å². The van der Waals surface area contributed by atoms with E-state index in [1.54, 1.807) is 6.07 Å². The fourth-order valence-corrected chi connectivity index (χ4v) is 4.33. The molecule has 7 nitrogen and oxygen atoms in total. The van der Waals surface area contributed by atoms with Crippen LogP contribution in [0.3, 0.4) is 0 Å². The largest absolute Gasteiger partial charge is 0.365 e. The summed E-state index contributed by atoms with van der Waals surface area (Å²) in [5.74, 6) is -4.81. The van der Waals surface area contributed by atoms with Crippen molar-refractivity contribution in [3.05, 3.63) is 47.9 Å². The highest BCUT2D eigenvalue weighted by molar-refractivity contribution is 6.01. The zero-order valence-corrected chi connectivity index (χ0v) is 17.8. The van der Waals surface area contributed by atoms with Gasteiger partial charge in [-0.1, -0.05) is 6.07 Å². The molecule has 1 saturated carbocycles. The first kappa shape index (κ1) is 21.9. The fraction of sp³-hybridized carbons (Fsp3) is 0.364. The number of fused-ring (bicyclic) bond motifs is 1. The number of benzene rings is 1. The average Bonchev–Trinajstić information content (AvgIpc) is 3.11. The SMILES string of the molecule is CNC1C(Nc2nc(Nc3cccc4c3ccn4C)c(C(N)=O)cc2F)CCCC1(F)F. The molecule has 3 aromatic rings. The summed E-state index contributed by atoms with van der Waals surface area (Å²) in [7, 11) is 3.35. The third kappa shape index (κ3) is 3.97. The number of aromatic nitrogens is 2. The number of carbonyl (C=O) groups is 1. The first-order valence-electron chi connectivity index (χ1n) is 10.3. The lowest BCUT2D eigenvalue weighted by atomic mass is 9.87. The summed E-state index contributed by atoms with van der Waals surface area (Å²) in [4.78, 5) is 16.2. The molecule has 4 rings (SSSR count). The fourth-order valence-electron chi connectivity index (χ4n) is 4.33. The molecule has 1 aliphatic rings. The third-order valence-corrected chi connectivity index (χ3v) is 5.94. The van der Waals surface area contributed by atoms with Crippen LogP contribution in [0.1, 0.15) is 29.6 Å². The predicted octanol–water partition coefficient (Wildman–Crippen LogP) is 3.74. The second-order valence-electron chi connectivity index (χ2n) is 8.04. The molecule has 0 saturated heterocycles. The number of carbonyl (C=O) groups excluding carboxylic acids is 1. The van der Waals surface area contributed by atoms with Crippen LogP contribution >= 0.6 is 0 Å². The van der Waals surface area contributed by atoms with E-state index in [1.807, 2.05) is 36.0 Å². The number of hydrogen-bond acceptors (Lipinski definition) is 5. The molecule has 0 radical (unpaired) electrons. The Morgan fingerprint density at radius 3 is 2.78 bits per heavy atom. The van der Waals surface area contributed by atoms with Gasteiger partial charge in [-0.05, 0) is 44.2 Å². The van der Waals surface area contributed by atoms with Crippen molar-refractivity contribution in [2.45, 2.75) is 37.3 Å². The number of anilines is 3. The Morgan fingerprint density at radius 1 is 1.28 bits per heavy atom. The predicted molar refractivity (Wildman–Crippen MR) is 118 cm³/mol. The van der Waals surface area contributed by atoms with Gasteiger partial charge in [-0.25, -0.2) is 18.2 Å². The van der Waals surface area contributed by atoms with Gasteiger partial charge in [0.05, 0.1) is 11.6 Å². The van der Waals surface area contributed by atoms with E-state index >= 15 is 0 Å². The maximum absolute atomic E-state index is 14.8. The van der Waals surface area contributed by atoms with Gasteiger partial charge in [-0.3, -0.25) is 4.79 Å². The Kier molecular flexibility index (Phi) is 5.72. The van der Waals surface area contributed by atoms with Crippen LogP contribution in [0, 0.1) is 5.82 Å². The van der Waals surface area contributed by atoms with E-state index in [0.29, 0.717) is 18.5 Å². The van der Waals surface area contributed by atoms with E-state index in [4.69, 9.17) is 5.73 Å². The summed E-state index contributed by atoms with van der Waals surface area (Å²) >= 11 is 0. The van der Waals surface area contributed by atoms with Crippen LogP contribution in [0.5, 0.6) is 0 Å². The van der Waals surface area contributed by atoms with Crippen LogP contribution < -0.4 is 21.7 Å². The van der Waals surface area contributed by atoms with Crippen molar-refractivity contribution in [1.82, 2.24) is 14.9 Å². The Morgan fingerprint density at radius 2 is 2.06 bits per heavy atom. The van der Waals surface area contributed by atoms with Crippen LogP contribution in [0.4, 0.5) is 30.5 Å². The van der Waals surface area contributed by atoms with Crippen molar-refractivity contribution < 1.29 is 18.0 Å². The molecule has 5 N–H and O–H groups in total. The van der Waals surface area contributed by atoms with Crippen LogP contribution in [0.25, 0.3) is 10.9 Å². The second kappa shape index (κ2) is 8.34. The summed E-state index contributed by atoms with van der Waals surface area (Å²) in [5, 5.41) is 9.38. The van der Waals surface area contributed by atoms with Crippen LogP contribution in [-0.2, 0) is 7.05 Å². The number of pyridine rings is 1. The lowest BCUT2D eigenvalue weighted by molar-refractivity contribution is -0.0654. The first-order valence-corrected chi connectivity index (χ1v) is 10.3. The maximum Gasteiger partial charge on any atom is 0.265 e. The van der Waals surface area contributed by atoms with Gasteiger partial charge in [-0.15, -0.1) is 0 Å². The molecular weight excluding hydrogens is 421 g/mol.